The summed E-state index contributed by atoms with van der Waals surface area (Å²) in [7, 11) is 0. The van der Waals surface area contributed by atoms with Gasteiger partial charge in [-0.05, 0) is 49.7 Å². The van der Waals surface area contributed by atoms with E-state index in [1.54, 1.807) is 17.0 Å². The zero-order valence-electron chi connectivity index (χ0n) is 17.7. The highest BCUT2D eigenvalue weighted by Gasteiger charge is 2.27. The molecule has 0 fully saturated rings. The van der Waals surface area contributed by atoms with E-state index < -0.39 is 18.7 Å². The molecule has 0 aliphatic carbocycles. The second-order valence-electron chi connectivity index (χ2n) is 6.76. The van der Waals surface area contributed by atoms with Gasteiger partial charge in [0.05, 0.1) is 11.6 Å². The molecule has 0 aliphatic rings. The SMILES string of the molecule is CCN(CC)C(=O)COc1ccc(NC(=O)c2ccc(COCC(F)(F)F)cc2)cc1Cl. The van der Waals surface area contributed by atoms with Crippen LogP contribution in [0.2, 0.25) is 5.02 Å². The first-order valence-corrected chi connectivity index (χ1v) is 10.3. The first-order valence-electron chi connectivity index (χ1n) is 9.87. The van der Waals surface area contributed by atoms with Gasteiger partial charge in [-0.3, -0.25) is 9.59 Å². The fourth-order valence-corrected chi connectivity index (χ4v) is 2.98. The Morgan fingerprint density at radius 3 is 2.28 bits per heavy atom. The number of rotatable bonds is 10. The Labute approximate surface area is 189 Å². The first-order chi connectivity index (χ1) is 15.1. The number of nitrogens with one attached hydrogen (secondary N) is 1. The van der Waals surface area contributed by atoms with Crippen LogP contribution in [-0.2, 0) is 16.1 Å². The monoisotopic (exact) mass is 472 g/mol. The predicted octanol–water partition coefficient (Wildman–Crippen LogP) is 4.92. The van der Waals surface area contributed by atoms with E-state index in [2.05, 4.69) is 10.1 Å². The second kappa shape index (κ2) is 11.7. The number of anilines is 1. The number of amides is 2. The molecule has 0 saturated heterocycles. The average molecular weight is 473 g/mol. The van der Waals surface area contributed by atoms with Gasteiger partial charge in [-0.15, -0.1) is 0 Å². The van der Waals surface area contributed by atoms with Crippen molar-refractivity contribution in [3.05, 3.63) is 58.6 Å². The van der Waals surface area contributed by atoms with Gasteiger partial charge < -0.3 is 19.7 Å². The highest BCUT2D eigenvalue weighted by atomic mass is 35.5. The van der Waals surface area contributed by atoms with Gasteiger partial charge in [-0.2, -0.15) is 13.2 Å². The number of hydrogen-bond donors (Lipinski definition) is 1. The summed E-state index contributed by atoms with van der Waals surface area (Å²) in [6.07, 6.45) is -4.39. The standard InChI is InChI=1S/C22H24ClF3N2O4/c1-3-28(4-2)20(29)13-32-19-10-9-17(11-18(19)23)27-21(30)16-7-5-15(6-8-16)12-31-14-22(24,25)26/h5-11H,3-4,12-14H2,1-2H3,(H,27,30). The average Bonchev–Trinajstić information content (AvgIpc) is 2.73. The number of carbonyl (C=O) groups excluding carboxylic acids is 2. The Balaban J connectivity index is 1.91. The molecule has 0 aromatic heterocycles. The third-order valence-electron chi connectivity index (χ3n) is 4.41. The lowest BCUT2D eigenvalue weighted by Gasteiger charge is -2.19. The lowest BCUT2D eigenvalue weighted by atomic mass is 10.1. The maximum Gasteiger partial charge on any atom is 0.411 e. The van der Waals surface area contributed by atoms with Crippen molar-refractivity contribution in [1.29, 1.82) is 0 Å². The van der Waals surface area contributed by atoms with Crippen molar-refractivity contribution in [2.75, 3.05) is 31.6 Å². The van der Waals surface area contributed by atoms with E-state index in [4.69, 9.17) is 16.3 Å². The molecular weight excluding hydrogens is 449 g/mol. The van der Waals surface area contributed by atoms with Crippen LogP contribution in [0.15, 0.2) is 42.5 Å². The normalized spacial score (nSPS) is 11.2. The second-order valence-corrected chi connectivity index (χ2v) is 7.17. The van der Waals surface area contributed by atoms with Crippen molar-refractivity contribution >= 4 is 29.1 Å². The lowest BCUT2D eigenvalue weighted by Crippen LogP contribution is -2.34. The van der Waals surface area contributed by atoms with E-state index >= 15 is 0 Å². The molecule has 0 saturated carbocycles. The fraction of sp³-hybridized carbons (Fsp3) is 0.364. The van der Waals surface area contributed by atoms with Crippen molar-refractivity contribution in [2.24, 2.45) is 0 Å². The molecule has 1 N–H and O–H groups in total. The summed E-state index contributed by atoms with van der Waals surface area (Å²) >= 11 is 6.20. The van der Waals surface area contributed by atoms with Gasteiger partial charge in [0.15, 0.2) is 6.61 Å². The number of benzene rings is 2. The lowest BCUT2D eigenvalue weighted by molar-refractivity contribution is -0.176. The number of halogens is 4. The van der Waals surface area contributed by atoms with Crippen molar-refractivity contribution in [2.45, 2.75) is 26.6 Å². The van der Waals surface area contributed by atoms with Gasteiger partial charge in [0.25, 0.3) is 11.8 Å². The third kappa shape index (κ3) is 8.05. The van der Waals surface area contributed by atoms with Crippen molar-refractivity contribution in [1.82, 2.24) is 4.90 Å². The topological polar surface area (TPSA) is 67.9 Å². The van der Waals surface area contributed by atoms with Crippen LogP contribution in [-0.4, -0.2) is 49.2 Å². The van der Waals surface area contributed by atoms with E-state index in [0.717, 1.165) is 0 Å². The minimum absolute atomic E-state index is 0.147. The number of hydrogen-bond acceptors (Lipinski definition) is 4. The molecule has 0 spiro atoms. The molecule has 2 rings (SSSR count). The summed E-state index contributed by atoms with van der Waals surface area (Å²) in [6.45, 7) is 3.22. The van der Waals surface area contributed by atoms with Crippen LogP contribution in [0.1, 0.15) is 29.8 Å². The molecule has 2 amide bonds. The summed E-state index contributed by atoms with van der Waals surface area (Å²) in [5.41, 5.74) is 1.24. The molecule has 0 atom stereocenters. The van der Waals surface area contributed by atoms with E-state index in [-0.39, 0.29) is 24.1 Å². The maximum atomic E-state index is 12.4. The molecule has 0 unspecified atom stereocenters. The Kier molecular flexibility index (Phi) is 9.34. The molecule has 0 heterocycles. The zero-order chi connectivity index (χ0) is 23.7. The summed E-state index contributed by atoms with van der Waals surface area (Å²) in [6, 6.07) is 10.6. The van der Waals surface area contributed by atoms with Crippen molar-refractivity contribution < 1.29 is 32.2 Å². The van der Waals surface area contributed by atoms with Crippen LogP contribution >= 0.6 is 11.6 Å². The largest absolute Gasteiger partial charge is 0.482 e. The summed E-state index contributed by atoms with van der Waals surface area (Å²) < 4.78 is 46.4. The molecule has 0 radical (unpaired) electrons. The zero-order valence-corrected chi connectivity index (χ0v) is 18.4. The molecule has 0 aliphatic heterocycles. The van der Waals surface area contributed by atoms with Gasteiger partial charge in [0.2, 0.25) is 0 Å². The first kappa shape index (κ1) is 25.5. The third-order valence-corrected chi connectivity index (χ3v) is 4.70. The fourth-order valence-electron chi connectivity index (χ4n) is 2.74. The minimum Gasteiger partial charge on any atom is -0.482 e. The summed E-state index contributed by atoms with van der Waals surface area (Å²) in [4.78, 5) is 26.1. The molecule has 6 nitrogen and oxygen atoms in total. The Morgan fingerprint density at radius 1 is 1.06 bits per heavy atom. The van der Waals surface area contributed by atoms with Gasteiger partial charge >= 0.3 is 6.18 Å². The molecule has 2 aromatic rings. The van der Waals surface area contributed by atoms with Crippen LogP contribution in [0, 0.1) is 0 Å². The quantitative estimate of drug-likeness (QED) is 0.533. The Bertz CT molecular complexity index is 916. The number of nitrogens with zero attached hydrogens (tertiary/aromatic N) is 1. The predicted molar refractivity (Wildman–Crippen MR) is 115 cm³/mol. The Hall–Kier alpha value is -2.78. The molecule has 2 aromatic carbocycles. The number of likely N-dealkylation sites (N-methyl/N-ethyl adjacent to an activating group) is 1. The smallest absolute Gasteiger partial charge is 0.411 e. The summed E-state index contributed by atoms with van der Waals surface area (Å²) in [5.74, 6) is -0.265. The van der Waals surface area contributed by atoms with Crippen LogP contribution in [0.3, 0.4) is 0 Å². The molecule has 32 heavy (non-hydrogen) atoms. The van der Waals surface area contributed by atoms with Crippen LogP contribution in [0.4, 0.5) is 18.9 Å². The number of alkyl halides is 3. The molecular formula is C22H24ClF3N2O4. The van der Waals surface area contributed by atoms with Gasteiger partial charge in [-0.1, -0.05) is 23.7 Å². The number of carbonyl (C=O) groups is 2. The summed E-state index contributed by atoms with van der Waals surface area (Å²) in [5, 5.41) is 2.91. The molecule has 0 bridgehead atoms. The minimum atomic E-state index is -4.39. The van der Waals surface area contributed by atoms with Crippen LogP contribution < -0.4 is 10.1 Å². The van der Waals surface area contributed by atoms with E-state index in [0.29, 0.717) is 35.7 Å². The van der Waals surface area contributed by atoms with Gasteiger partial charge in [0, 0.05) is 24.3 Å². The molecule has 174 valence electrons. The van der Waals surface area contributed by atoms with Gasteiger partial charge in [0.1, 0.15) is 12.4 Å². The molecule has 10 heteroatoms. The Morgan fingerprint density at radius 2 is 1.72 bits per heavy atom. The van der Waals surface area contributed by atoms with Crippen molar-refractivity contribution in [3.63, 3.8) is 0 Å². The van der Waals surface area contributed by atoms with Crippen molar-refractivity contribution in [3.8, 4) is 5.75 Å². The highest BCUT2D eigenvalue weighted by Crippen LogP contribution is 2.28. The van der Waals surface area contributed by atoms with Crippen LogP contribution in [0.25, 0.3) is 0 Å². The van der Waals surface area contributed by atoms with Gasteiger partial charge in [-0.25, -0.2) is 0 Å². The van der Waals surface area contributed by atoms with E-state index in [1.807, 2.05) is 13.8 Å². The maximum absolute atomic E-state index is 12.4. The van der Waals surface area contributed by atoms with Crippen LogP contribution in [0.5, 0.6) is 5.75 Å². The number of ether oxygens (including phenoxy) is 2. The van der Waals surface area contributed by atoms with E-state index in [1.165, 1.54) is 30.3 Å². The highest BCUT2D eigenvalue weighted by molar-refractivity contribution is 6.32. The van der Waals surface area contributed by atoms with E-state index in [9.17, 15) is 22.8 Å².